The first-order valence-electron chi connectivity index (χ1n) is 5.19. The van der Waals surface area contributed by atoms with Gasteiger partial charge in [-0.25, -0.2) is 0 Å². The van der Waals surface area contributed by atoms with Crippen molar-refractivity contribution in [3.8, 4) is 0 Å². The summed E-state index contributed by atoms with van der Waals surface area (Å²) in [7, 11) is 0. The normalized spacial score (nSPS) is 16.7. The smallest absolute Gasteiger partial charge is 0.111 e. The molecule has 4 atom stereocenters. The number of rotatable bonds is 7. The highest BCUT2D eigenvalue weighted by Gasteiger charge is 2.29. The van der Waals surface area contributed by atoms with E-state index in [1.807, 2.05) is 0 Å². The first-order valence-corrected chi connectivity index (χ1v) is 5.19. The molecule has 10 heteroatoms. The van der Waals surface area contributed by atoms with Gasteiger partial charge >= 0.3 is 0 Å². The molecule has 0 rings (SSSR count). The van der Waals surface area contributed by atoms with Crippen LogP contribution in [0.3, 0.4) is 0 Å². The lowest BCUT2D eigenvalue weighted by atomic mass is 10.0. The van der Waals surface area contributed by atoms with Gasteiger partial charge in [-0.2, -0.15) is 0 Å². The van der Waals surface area contributed by atoms with Gasteiger partial charge in [0.15, 0.2) is 0 Å². The second kappa shape index (κ2) is 14.0. The van der Waals surface area contributed by atoms with E-state index in [1.165, 1.54) is 0 Å². The molecule has 0 amide bonds. The second-order valence-corrected chi connectivity index (χ2v) is 3.50. The fraction of sp³-hybridized carbons (Fsp3) is 1.00. The molecule has 0 aliphatic carbocycles. The lowest BCUT2D eigenvalue weighted by Gasteiger charge is -2.24. The zero-order valence-corrected chi connectivity index (χ0v) is 10.2. The first kappa shape index (κ1) is 23.7. The summed E-state index contributed by atoms with van der Waals surface area (Å²) in [4.78, 5) is 0. The molecule has 0 aliphatic rings. The highest BCUT2D eigenvalue weighted by molar-refractivity contribution is 4.79. The Bertz CT molecular complexity index is 162. The van der Waals surface area contributed by atoms with Gasteiger partial charge < -0.3 is 51.4 Å². The molecule has 0 heterocycles. The first-order chi connectivity index (χ1) is 8.35. The molecule has 120 valence electrons. The Labute approximate surface area is 109 Å². The van der Waals surface area contributed by atoms with Gasteiger partial charge in [0.05, 0.1) is 26.4 Å². The third-order valence-electron chi connectivity index (χ3n) is 1.93. The molecule has 0 aliphatic heterocycles. The van der Waals surface area contributed by atoms with Crippen LogP contribution in [0.25, 0.3) is 0 Å². The average Bonchev–Trinajstić information content (AvgIpc) is 2.43. The van der Waals surface area contributed by atoms with Crippen LogP contribution in [0.5, 0.6) is 0 Å². The molecule has 0 aromatic carbocycles. The molecule has 0 aromatic heterocycles. The highest BCUT2D eigenvalue weighted by Crippen LogP contribution is 2.03. The Balaban J connectivity index is -0.000000313. The zero-order chi connectivity index (χ0) is 14.7. The fourth-order valence-electron chi connectivity index (χ4n) is 0.729. The Hall–Kier alpha value is -0.400. The Morgan fingerprint density at radius 1 is 0.526 bits per heavy atom. The molecule has 0 unspecified atom stereocenters. The van der Waals surface area contributed by atoms with Gasteiger partial charge in [-0.05, 0) is 0 Å². The van der Waals surface area contributed by atoms with E-state index in [-0.39, 0.29) is 18.7 Å². The van der Waals surface area contributed by atoms with Gasteiger partial charge in [0, 0.05) is 0 Å². The Morgan fingerprint density at radius 3 is 0.895 bits per heavy atom. The monoisotopic (exact) mass is 292 g/mol. The summed E-state index contributed by atoms with van der Waals surface area (Å²) < 4.78 is 0. The van der Waals surface area contributed by atoms with Gasteiger partial charge in [-0.1, -0.05) is 0 Å². The van der Waals surface area contributed by atoms with Gasteiger partial charge in [0.1, 0.15) is 30.5 Å². The third kappa shape index (κ3) is 11.1. The predicted molar refractivity (Wildman–Crippen MR) is 62.0 cm³/mol. The summed E-state index contributed by atoms with van der Waals surface area (Å²) in [5, 5.41) is 76.2. The summed E-state index contributed by atoms with van der Waals surface area (Å²) in [6.45, 7) is -2.18. The van der Waals surface area contributed by atoms with E-state index in [0.717, 1.165) is 0 Å². The quantitative estimate of drug-likeness (QED) is 0.218. The minimum atomic E-state index is -1.67. The van der Waals surface area contributed by atoms with E-state index in [1.54, 1.807) is 0 Å². The van der Waals surface area contributed by atoms with Crippen molar-refractivity contribution in [1.82, 2.24) is 0 Å². The molecule has 0 radical (unpaired) electrons. The van der Waals surface area contributed by atoms with Gasteiger partial charge in [-0.3, -0.25) is 0 Å². The molecule has 0 spiro atoms. The van der Waals surface area contributed by atoms with E-state index < -0.39 is 43.7 Å². The largest absolute Gasteiger partial charge is 0.412 e. The second-order valence-electron chi connectivity index (χ2n) is 3.50. The summed E-state index contributed by atoms with van der Waals surface area (Å²) in [6, 6.07) is 0. The molecule has 0 saturated carbocycles. The minimum absolute atomic E-state index is 0. The maximum atomic E-state index is 8.96. The fourth-order valence-corrected chi connectivity index (χ4v) is 0.729. The third-order valence-corrected chi connectivity index (χ3v) is 1.93. The highest BCUT2D eigenvalue weighted by atomic mass is 16.4. The van der Waals surface area contributed by atoms with Crippen molar-refractivity contribution in [3.63, 3.8) is 0 Å². The summed E-state index contributed by atoms with van der Waals surface area (Å²) in [5.41, 5.74) is 0. The van der Waals surface area contributed by atoms with Crippen molar-refractivity contribution >= 4 is 0 Å². The van der Waals surface area contributed by atoms with Crippen molar-refractivity contribution in [2.75, 3.05) is 26.4 Å². The number of hydrogen-bond acceptors (Lipinski definition) is 9. The minimum Gasteiger partial charge on any atom is -0.412 e. The van der Waals surface area contributed by atoms with Crippen molar-refractivity contribution in [2.45, 2.75) is 30.5 Å². The molecule has 0 fully saturated rings. The lowest BCUT2D eigenvalue weighted by Crippen LogP contribution is -2.46. The van der Waals surface area contributed by atoms with Crippen LogP contribution in [0.15, 0.2) is 0 Å². The molecule has 0 bridgehead atoms. The molecular weight excluding hydrogens is 268 g/mol. The number of aliphatic hydroxyl groups excluding tert-OH is 9. The number of aliphatic hydroxyl groups is 9. The van der Waals surface area contributed by atoms with Crippen molar-refractivity contribution in [3.05, 3.63) is 0 Å². The lowest BCUT2D eigenvalue weighted by molar-refractivity contribution is -0.123. The van der Waals surface area contributed by atoms with Crippen LogP contribution in [0.1, 0.15) is 0 Å². The Kier molecular flexibility index (Phi) is 17.5. The Morgan fingerprint density at radius 2 is 0.789 bits per heavy atom. The van der Waals surface area contributed by atoms with Crippen molar-refractivity contribution < 1.29 is 51.4 Å². The average molecular weight is 292 g/mol. The summed E-state index contributed by atoms with van der Waals surface area (Å²) in [6.07, 6.45) is -7.35. The van der Waals surface area contributed by atoms with Crippen molar-refractivity contribution in [2.24, 2.45) is 0 Å². The van der Waals surface area contributed by atoms with Crippen molar-refractivity contribution in [1.29, 1.82) is 0 Å². The number of hydrogen-bond donors (Lipinski definition) is 9. The van der Waals surface area contributed by atoms with Gasteiger partial charge in [0.2, 0.25) is 0 Å². The van der Waals surface area contributed by atoms with Gasteiger partial charge in [-0.15, -0.1) is 0 Å². The van der Waals surface area contributed by atoms with E-state index in [0.29, 0.717) is 0 Å². The van der Waals surface area contributed by atoms with Gasteiger partial charge in [0.25, 0.3) is 0 Å². The van der Waals surface area contributed by atoms with E-state index in [4.69, 9.17) is 46.0 Å². The van der Waals surface area contributed by atoms with Crippen LogP contribution in [-0.4, -0.2) is 108 Å². The standard InChI is InChI=1S/C6H14O6.C3H8O3.H2O/c7-1-3(9)5(11)6(12)4(10)2-8;4-1-3(6)2-5;/h3-12H,1-2H2;3-6H,1-2H2;1H2/t3-,4+,5-,6-;;/m1../s1. The predicted octanol–water partition coefficient (Wildman–Crippen LogP) is -6.08. The molecule has 19 heavy (non-hydrogen) atoms. The van der Waals surface area contributed by atoms with Crippen LogP contribution < -0.4 is 0 Å². The molecule has 10 nitrogen and oxygen atoms in total. The van der Waals surface area contributed by atoms with Crippen LogP contribution >= 0.6 is 0 Å². The topological polar surface area (TPSA) is 214 Å². The van der Waals surface area contributed by atoms with E-state index in [2.05, 4.69) is 0 Å². The van der Waals surface area contributed by atoms with E-state index in [9.17, 15) is 0 Å². The maximum absolute atomic E-state index is 8.96. The zero-order valence-electron chi connectivity index (χ0n) is 10.2. The summed E-state index contributed by atoms with van der Waals surface area (Å²) >= 11 is 0. The van der Waals surface area contributed by atoms with Crippen LogP contribution in [0.4, 0.5) is 0 Å². The van der Waals surface area contributed by atoms with Crippen LogP contribution in [0.2, 0.25) is 0 Å². The molecule has 11 N–H and O–H groups in total. The maximum Gasteiger partial charge on any atom is 0.111 e. The summed E-state index contributed by atoms with van der Waals surface area (Å²) in [5.74, 6) is 0. The van der Waals surface area contributed by atoms with Crippen LogP contribution in [0, 0.1) is 0 Å². The SMILES string of the molecule is O.OCC(O)CO.OC[C@@H](O)[C@@H](O)[C@H](O)[C@@H](O)CO. The molecular formula is C9H24O10. The molecule has 0 aromatic rings. The van der Waals surface area contributed by atoms with E-state index >= 15 is 0 Å². The van der Waals surface area contributed by atoms with Crippen LogP contribution in [-0.2, 0) is 0 Å². The molecule has 0 saturated heterocycles.